The van der Waals surface area contributed by atoms with Crippen LogP contribution in [0.15, 0.2) is 0 Å². The van der Waals surface area contributed by atoms with Crippen molar-refractivity contribution < 1.29 is 49.1 Å². The van der Waals surface area contributed by atoms with Gasteiger partial charge in [-0.25, -0.2) is 0 Å². The summed E-state index contributed by atoms with van der Waals surface area (Å²) in [5.41, 5.74) is 0. The van der Waals surface area contributed by atoms with Crippen molar-refractivity contribution in [3.8, 4) is 7.16 Å². The third-order valence-corrected chi connectivity index (χ3v) is 29.2. The zero-order chi connectivity index (χ0) is 5.54. The van der Waals surface area contributed by atoms with Crippen molar-refractivity contribution in [3.63, 3.8) is 0 Å². The van der Waals surface area contributed by atoms with Crippen LogP contribution in [-0.4, -0.2) is 0 Å². The van der Waals surface area contributed by atoms with E-state index in [9.17, 15) is 0 Å². The van der Waals surface area contributed by atoms with Crippen LogP contribution in [0.5, 0.6) is 0 Å². The van der Waals surface area contributed by atoms with Crippen LogP contribution in [0.2, 0.25) is 1.44 Å². The van der Waals surface area contributed by atoms with E-state index in [1.807, 2.05) is 0 Å². The summed E-state index contributed by atoms with van der Waals surface area (Å²) in [5.74, 6) is 0. The van der Waals surface area contributed by atoms with Gasteiger partial charge >= 0.3 is 68.3 Å². The molecule has 0 N–H and O–H groups in total. The molecular formula is C3H2Hg2N2. The van der Waals surface area contributed by atoms with Gasteiger partial charge in [0.15, 0.2) is 0 Å². The Morgan fingerprint density at radius 3 is 1.86 bits per heavy atom. The summed E-state index contributed by atoms with van der Waals surface area (Å²) in [5, 5.41) is 16.1. The molecule has 0 unspecified atom stereocenters. The van der Waals surface area contributed by atoms with Crippen molar-refractivity contribution in [1.82, 2.24) is 0 Å². The molecular weight excluding hydrogens is 465 g/mol. The van der Waals surface area contributed by atoms with E-state index in [0.717, 1.165) is 1.44 Å². The SMILES string of the molecule is N#[C][Hg][CH2][Hg][C]#N. The second kappa shape index (κ2) is 6.85. The van der Waals surface area contributed by atoms with E-state index in [2.05, 4.69) is 7.16 Å². The van der Waals surface area contributed by atoms with Gasteiger partial charge in [0.25, 0.3) is 0 Å². The molecule has 0 aromatic carbocycles. The second-order valence-electron chi connectivity index (χ2n) is 1.17. The molecule has 0 aliphatic heterocycles. The fraction of sp³-hybridized carbons (Fsp3) is 0.333. The van der Waals surface area contributed by atoms with Crippen LogP contribution in [-0.2, 0) is 49.1 Å². The molecule has 0 aromatic rings. The summed E-state index contributed by atoms with van der Waals surface area (Å²) in [6.45, 7) is 0. The summed E-state index contributed by atoms with van der Waals surface area (Å²) in [6.07, 6.45) is 0. The predicted molar refractivity (Wildman–Crippen MR) is 16.0 cm³/mol. The average Bonchev–Trinajstić information content (AvgIpc) is 1.69. The Morgan fingerprint density at radius 2 is 1.57 bits per heavy atom. The van der Waals surface area contributed by atoms with Crippen molar-refractivity contribution in [1.29, 1.82) is 10.5 Å². The Kier molecular flexibility index (Phi) is 7.68. The van der Waals surface area contributed by atoms with E-state index < -0.39 is 49.1 Å². The van der Waals surface area contributed by atoms with E-state index in [-0.39, 0.29) is 0 Å². The topological polar surface area (TPSA) is 47.6 Å². The maximum absolute atomic E-state index is 8.07. The van der Waals surface area contributed by atoms with Crippen molar-refractivity contribution >= 4 is 0 Å². The van der Waals surface area contributed by atoms with Gasteiger partial charge in [0, 0.05) is 0 Å². The van der Waals surface area contributed by atoms with E-state index in [1.54, 1.807) is 0 Å². The molecule has 2 nitrogen and oxygen atoms in total. The first-order chi connectivity index (χ1) is 3.41. The van der Waals surface area contributed by atoms with Crippen LogP contribution in [0, 0.1) is 17.7 Å². The van der Waals surface area contributed by atoms with E-state index in [4.69, 9.17) is 10.5 Å². The van der Waals surface area contributed by atoms with Crippen LogP contribution in [0.25, 0.3) is 0 Å². The molecule has 28 valence electrons. The van der Waals surface area contributed by atoms with Gasteiger partial charge in [-0.1, -0.05) is 0 Å². The quantitative estimate of drug-likeness (QED) is 0.439. The summed E-state index contributed by atoms with van der Waals surface area (Å²) in [4.78, 5) is 0. The summed E-state index contributed by atoms with van der Waals surface area (Å²) < 4.78 is 5.62. The van der Waals surface area contributed by atoms with Gasteiger partial charge in [-0.05, 0) is 0 Å². The van der Waals surface area contributed by atoms with Gasteiger partial charge in [0.1, 0.15) is 0 Å². The van der Waals surface area contributed by atoms with E-state index in [1.165, 1.54) is 0 Å². The third-order valence-electron chi connectivity index (χ3n) is 0.577. The number of nitrogens with zero attached hydrogens (tertiary/aromatic N) is 2. The molecule has 0 aliphatic rings. The van der Waals surface area contributed by atoms with Crippen LogP contribution >= 0.6 is 0 Å². The van der Waals surface area contributed by atoms with Gasteiger partial charge in [0.05, 0.1) is 0 Å². The summed E-state index contributed by atoms with van der Waals surface area (Å²) in [7, 11) is 0. The number of nitriles is 2. The zero-order valence-electron chi connectivity index (χ0n) is 4.02. The van der Waals surface area contributed by atoms with Crippen LogP contribution in [0.4, 0.5) is 0 Å². The van der Waals surface area contributed by atoms with E-state index >= 15 is 0 Å². The number of rotatable bonds is 2. The first-order valence-corrected chi connectivity index (χ1v) is 15.4. The Morgan fingerprint density at radius 1 is 1.14 bits per heavy atom. The Labute approximate surface area is 67.4 Å². The first kappa shape index (κ1) is 7.85. The van der Waals surface area contributed by atoms with Crippen molar-refractivity contribution in [2.24, 2.45) is 0 Å². The van der Waals surface area contributed by atoms with Gasteiger partial charge in [-0.2, -0.15) is 0 Å². The maximum atomic E-state index is 8.07. The molecule has 0 rings (SSSR count). The molecule has 0 amide bonds. The van der Waals surface area contributed by atoms with Gasteiger partial charge < -0.3 is 0 Å². The van der Waals surface area contributed by atoms with Crippen LogP contribution in [0.1, 0.15) is 0 Å². The fourth-order valence-electron chi connectivity index (χ4n) is 0.247. The minimum absolute atomic E-state index is 1.02. The number of hydrogen-bond donors (Lipinski definition) is 0. The monoisotopic (exact) mass is 470 g/mol. The summed E-state index contributed by atoms with van der Waals surface area (Å²) >= 11 is -2.03. The molecule has 7 heavy (non-hydrogen) atoms. The molecule has 0 fully saturated rings. The Balaban J connectivity index is 2.77. The first-order valence-electron chi connectivity index (χ1n) is 2.15. The predicted octanol–water partition coefficient (Wildman–Crippen LogP) is 0.489. The number of hydrogen-bond acceptors (Lipinski definition) is 2. The molecule has 4 heteroatoms. The molecule has 0 radical (unpaired) electrons. The standard InChI is InChI=1S/2CN.CH2.2Hg/c2*1-2;;;/h;;1H2;;. The van der Waals surface area contributed by atoms with Crippen LogP contribution < -0.4 is 0 Å². The molecule has 0 spiro atoms. The molecule has 0 bridgehead atoms. The van der Waals surface area contributed by atoms with Crippen molar-refractivity contribution in [2.75, 3.05) is 0 Å². The van der Waals surface area contributed by atoms with Gasteiger partial charge in [-0.3, -0.25) is 0 Å². The molecule has 0 heterocycles. The van der Waals surface area contributed by atoms with Gasteiger partial charge in [-0.15, -0.1) is 0 Å². The molecule has 0 atom stereocenters. The minimum atomic E-state index is -1.02. The Hall–Kier alpha value is 0.850. The second-order valence-corrected chi connectivity index (χ2v) is 34.4. The fourth-order valence-corrected chi connectivity index (χ4v) is 19.0. The average molecular weight is 467 g/mol. The normalized spacial score (nSPS) is 4.29. The summed E-state index contributed by atoms with van der Waals surface area (Å²) in [6, 6.07) is 0. The molecule has 0 aliphatic carbocycles. The third kappa shape index (κ3) is 6.85. The zero-order valence-corrected chi connectivity index (χ0v) is 15.0. The molecule has 0 saturated carbocycles. The van der Waals surface area contributed by atoms with Crippen molar-refractivity contribution in [3.05, 3.63) is 0 Å². The van der Waals surface area contributed by atoms with Crippen molar-refractivity contribution in [2.45, 2.75) is 1.44 Å². The Bertz CT molecular complexity index is 95.1. The van der Waals surface area contributed by atoms with Gasteiger partial charge in [0.2, 0.25) is 0 Å². The molecule has 0 aromatic heterocycles. The van der Waals surface area contributed by atoms with Crippen LogP contribution in [0.3, 0.4) is 0 Å². The molecule has 0 saturated heterocycles. The van der Waals surface area contributed by atoms with E-state index in [0.29, 0.717) is 0 Å².